The minimum atomic E-state index is -4.19. The fourth-order valence-electron chi connectivity index (χ4n) is 3.30. The maximum absolute atomic E-state index is 13.3. The number of hydrogen-bond acceptors (Lipinski definition) is 4. The fourth-order valence-corrected chi connectivity index (χ4v) is 4.69. The van der Waals surface area contributed by atoms with Crippen LogP contribution in [0.15, 0.2) is 82.5 Å². The van der Waals surface area contributed by atoms with Crippen LogP contribution in [0.4, 0.5) is 0 Å². The van der Waals surface area contributed by atoms with Crippen molar-refractivity contribution in [1.29, 1.82) is 0 Å². The molecule has 4 rings (SSSR count). The number of imidazole rings is 1. The van der Waals surface area contributed by atoms with Gasteiger partial charge in [0, 0.05) is 5.56 Å². The lowest BCUT2D eigenvalue weighted by molar-refractivity contribution is 0.0960. The van der Waals surface area contributed by atoms with Crippen molar-refractivity contribution >= 4 is 27.0 Å². The largest absolute Gasteiger partial charge is 0.350 e. The first-order valence-corrected chi connectivity index (χ1v) is 10.4. The van der Waals surface area contributed by atoms with Crippen LogP contribution in [0.1, 0.15) is 21.5 Å². The third kappa shape index (κ3) is 3.00. The summed E-state index contributed by atoms with van der Waals surface area (Å²) < 4.78 is 28.1. The number of benzene rings is 3. The molecule has 0 fully saturated rings. The maximum Gasteiger partial charge on any atom is 0.350 e. The number of carbonyl (C=O) groups is 1. The molecule has 3 aromatic carbocycles. The highest BCUT2D eigenvalue weighted by Gasteiger charge is 2.28. The molecule has 4 aromatic rings. The molecule has 1 aromatic heterocycles. The Hall–Kier alpha value is -3.45. The second kappa shape index (κ2) is 6.86. The van der Waals surface area contributed by atoms with Crippen molar-refractivity contribution in [1.82, 2.24) is 8.54 Å². The molecule has 1 heterocycles. The predicted molar refractivity (Wildman–Crippen MR) is 111 cm³/mol. The molecule has 0 aliphatic rings. The molecule has 0 radical (unpaired) electrons. The lowest BCUT2D eigenvalue weighted by atomic mass is 10.1. The Morgan fingerprint density at radius 1 is 0.793 bits per heavy atom. The Labute approximate surface area is 167 Å². The van der Waals surface area contributed by atoms with Crippen LogP contribution in [0.5, 0.6) is 0 Å². The van der Waals surface area contributed by atoms with Crippen molar-refractivity contribution in [3.8, 4) is 0 Å². The highest BCUT2D eigenvalue weighted by Crippen LogP contribution is 2.21. The molecular formula is C22H18N2O4S. The van der Waals surface area contributed by atoms with Crippen LogP contribution >= 0.6 is 0 Å². The van der Waals surface area contributed by atoms with Gasteiger partial charge in [0.2, 0.25) is 0 Å². The summed E-state index contributed by atoms with van der Waals surface area (Å²) in [6, 6.07) is 19.5. The van der Waals surface area contributed by atoms with Crippen LogP contribution in [-0.2, 0) is 10.0 Å². The molecule has 29 heavy (non-hydrogen) atoms. The van der Waals surface area contributed by atoms with E-state index in [0.29, 0.717) is 15.1 Å². The summed E-state index contributed by atoms with van der Waals surface area (Å²) in [6.45, 7) is 3.61. The highest BCUT2D eigenvalue weighted by atomic mass is 32.2. The number of nitrogens with zero attached hydrogens (tertiary/aromatic N) is 2. The van der Waals surface area contributed by atoms with Gasteiger partial charge in [0.25, 0.3) is 15.9 Å². The Morgan fingerprint density at radius 3 is 2.03 bits per heavy atom. The molecule has 0 atom stereocenters. The van der Waals surface area contributed by atoms with Gasteiger partial charge in [-0.2, -0.15) is 3.97 Å². The number of hydrogen-bond donors (Lipinski definition) is 0. The SMILES string of the molecule is Cc1ccc(S(=O)(=O)n2c(=O)n(C(=O)c3ccccc3C)c3ccccc32)cc1. The number of fused-ring (bicyclic) bond motifs is 1. The number of rotatable bonds is 3. The zero-order valence-corrected chi connectivity index (χ0v) is 16.7. The van der Waals surface area contributed by atoms with Gasteiger partial charge < -0.3 is 0 Å². The number of aryl methyl sites for hydroxylation is 2. The molecule has 0 aliphatic carbocycles. The van der Waals surface area contributed by atoms with Gasteiger partial charge in [-0.3, -0.25) is 4.79 Å². The molecule has 146 valence electrons. The maximum atomic E-state index is 13.3. The summed E-state index contributed by atoms with van der Waals surface area (Å²) in [4.78, 5) is 26.4. The van der Waals surface area contributed by atoms with E-state index in [1.807, 2.05) is 6.92 Å². The van der Waals surface area contributed by atoms with Crippen LogP contribution < -0.4 is 5.69 Å². The molecule has 0 amide bonds. The molecule has 0 spiro atoms. The average Bonchev–Trinajstić information content (AvgIpc) is 3.00. The number of para-hydroxylation sites is 2. The minimum Gasteiger partial charge on any atom is -0.268 e. The first-order valence-electron chi connectivity index (χ1n) is 8.97. The lowest BCUT2D eigenvalue weighted by Crippen LogP contribution is -2.33. The summed E-state index contributed by atoms with van der Waals surface area (Å²) in [5.74, 6) is -0.567. The Bertz CT molecular complexity index is 1410. The smallest absolute Gasteiger partial charge is 0.268 e. The van der Waals surface area contributed by atoms with Crippen LogP contribution in [0.2, 0.25) is 0 Å². The van der Waals surface area contributed by atoms with E-state index in [-0.39, 0.29) is 15.9 Å². The van der Waals surface area contributed by atoms with Crippen molar-refractivity contribution < 1.29 is 13.2 Å². The molecule has 6 nitrogen and oxygen atoms in total. The van der Waals surface area contributed by atoms with Gasteiger partial charge >= 0.3 is 5.69 Å². The monoisotopic (exact) mass is 406 g/mol. The van der Waals surface area contributed by atoms with Crippen molar-refractivity contribution in [3.05, 3.63) is 100.0 Å². The second-order valence-corrected chi connectivity index (χ2v) is 8.60. The molecule has 0 unspecified atom stereocenters. The Balaban J connectivity index is 2.02. The van der Waals surface area contributed by atoms with E-state index < -0.39 is 21.6 Å². The van der Waals surface area contributed by atoms with E-state index in [9.17, 15) is 18.0 Å². The van der Waals surface area contributed by atoms with Gasteiger partial charge in [0.15, 0.2) is 0 Å². The zero-order valence-electron chi connectivity index (χ0n) is 15.9. The quantitative estimate of drug-likeness (QED) is 0.523. The van der Waals surface area contributed by atoms with E-state index in [2.05, 4.69) is 0 Å². The highest BCUT2D eigenvalue weighted by molar-refractivity contribution is 7.90. The van der Waals surface area contributed by atoms with Crippen LogP contribution in [0, 0.1) is 13.8 Å². The van der Waals surface area contributed by atoms with Crippen molar-refractivity contribution in [3.63, 3.8) is 0 Å². The van der Waals surface area contributed by atoms with Crippen molar-refractivity contribution in [2.24, 2.45) is 0 Å². The zero-order chi connectivity index (χ0) is 20.8. The second-order valence-electron chi connectivity index (χ2n) is 6.81. The number of carbonyl (C=O) groups excluding carboxylic acids is 1. The van der Waals surface area contributed by atoms with Crippen LogP contribution in [0.25, 0.3) is 11.0 Å². The number of aromatic nitrogens is 2. The van der Waals surface area contributed by atoms with Crippen LogP contribution in [0.3, 0.4) is 0 Å². The van der Waals surface area contributed by atoms with Gasteiger partial charge in [-0.25, -0.2) is 17.8 Å². The van der Waals surface area contributed by atoms with E-state index in [4.69, 9.17) is 0 Å². The molecule has 0 saturated heterocycles. The first-order chi connectivity index (χ1) is 13.8. The van der Waals surface area contributed by atoms with Gasteiger partial charge in [-0.15, -0.1) is 0 Å². The standard InChI is InChI=1S/C22H18N2O4S/c1-15-11-13-17(14-12-15)29(27,28)24-20-10-6-5-9-19(20)23(22(24)26)21(25)18-8-4-3-7-16(18)2/h3-14H,1-2H3. The molecule has 0 saturated carbocycles. The van der Waals surface area contributed by atoms with Crippen molar-refractivity contribution in [2.45, 2.75) is 18.7 Å². The van der Waals surface area contributed by atoms with Gasteiger partial charge in [-0.05, 0) is 49.7 Å². The topological polar surface area (TPSA) is 78.1 Å². The Morgan fingerprint density at radius 2 is 1.38 bits per heavy atom. The first kappa shape index (κ1) is 18.9. The third-order valence-electron chi connectivity index (χ3n) is 4.84. The Kier molecular flexibility index (Phi) is 4.47. The third-order valence-corrected chi connectivity index (χ3v) is 6.55. The van der Waals surface area contributed by atoms with Gasteiger partial charge in [0.05, 0.1) is 15.9 Å². The average molecular weight is 406 g/mol. The van der Waals surface area contributed by atoms with Crippen LogP contribution in [-0.4, -0.2) is 22.9 Å². The van der Waals surface area contributed by atoms with Gasteiger partial charge in [0.1, 0.15) is 0 Å². The van der Waals surface area contributed by atoms with E-state index in [1.165, 1.54) is 18.2 Å². The van der Waals surface area contributed by atoms with E-state index in [0.717, 1.165) is 10.1 Å². The normalized spacial score (nSPS) is 11.7. The molecule has 7 heteroatoms. The molecule has 0 bridgehead atoms. The lowest BCUT2D eigenvalue weighted by Gasteiger charge is -2.06. The fraction of sp³-hybridized carbons (Fsp3) is 0.0909. The van der Waals surface area contributed by atoms with Gasteiger partial charge in [-0.1, -0.05) is 48.0 Å². The summed E-state index contributed by atoms with van der Waals surface area (Å²) in [6.07, 6.45) is 0. The minimum absolute atomic E-state index is 0.0172. The van der Waals surface area contributed by atoms with E-state index in [1.54, 1.807) is 61.5 Å². The predicted octanol–water partition coefficient (Wildman–Crippen LogP) is 3.35. The molecule has 0 aliphatic heterocycles. The summed E-state index contributed by atoms with van der Waals surface area (Å²) >= 11 is 0. The molecular weight excluding hydrogens is 388 g/mol. The summed E-state index contributed by atoms with van der Waals surface area (Å²) in [5.41, 5.74) is 1.41. The van der Waals surface area contributed by atoms with E-state index >= 15 is 0 Å². The van der Waals surface area contributed by atoms with Crippen molar-refractivity contribution in [2.75, 3.05) is 0 Å². The summed E-state index contributed by atoms with van der Waals surface area (Å²) in [5, 5.41) is 0. The summed E-state index contributed by atoms with van der Waals surface area (Å²) in [7, 11) is -4.19. The molecule has 0 N–H and O–H groups in total.